The third kappa shape index (κ3) is 3.47. The van der Waals surface area contributed by atoms with E-state index in [1.165, 1.54) is 11.1 Å². The molecular weight excluding hydrogens is 308 g/mol. The van der Waals surface area contributed by atoms with E-state index < -0.39 is 0 Å². The van der Waals surface area contributed by atoms with Crippen molar-refractivity contribution in [2.24, 2.45) is 0 Å². The summed E-state index contributed by atoms with van der Waals surface area (Å²) in [4.78, 5) is 11.9. The van der Waals surface area contributed by atoms with Crippen molar-refractivity contribution >= 4 is 34.0 Å². The molecule has 0 heterocycles. The molecule has 0 saturated carbocycles. The molecule has 0 atom stereocenters. The zero-order valence-electron chi connectivity index (χ0n) is 10.0. The predicted molar refractivity (Wildman–Crippen MR) is 80.3 cm³/mol. The van der Waals surface area contributed by atoms with Crippen LogP contribution in [0.4, 0.5) is 0 Å². The second-order valence-electron chi connectivity index (χ2n) is 4.08. The van der Waals surface area contributed by atoms with Crippen molar-refractivity contribution in [3.63, 3.8) is 0 Å². The van der Waals surface area contributed by atoms with E-state index in [4.69, 9.17) is 0 Å². The number of halogens is 1. The molecular formula is C15H13BrOS. The first-order valence-corrected chi connectivity index (χ1v) is 7.40. The van der Waals surface area contributed by atoms with Crippen molar-refractivity contribution in [1.82, 2.24) is 0 Å². The lowest BCUT2D eigenvalue weighted by molar-refractivity contribution is 0.112. The summed E-state index contributed by atoms with van der Waals surface area (Å²) >= 11 is 5.17. The quantitative estimate of drug-likeness (QED) is 0.591. The van der Waals surface area contributed by atoms with Crippen LogP contribution in [0.3, 0.4) is 0 Å². The minimum atomic E-state index is 0.690. The first kappa shape index (κ1) is 13.4. The van der Waals surface area contributed by atoms with Crippen LogP contribution < -0.4 is 0 Å². The molecule has 2 aromatic rings. The molecule has 0 spiro atoms. The van der Waals surface area contributed by atoms with Gasteiger partial charge in [0.05, 0.1) is 0 Å². The van der Waals surface area contributed by atoms with Crippen molar-refractivity contribution < 1.29 is 4.79 Å². The van der Waals surface area contributed by atoms with Gasteiger partial charge in [0, 0.05) is 20.7 Å². The van der Waals surface area contributed by atoms with E-state index in [0.29, 0.717) is 5.56 Å². The summed E-state index contributed by atoms with van der Waals surface area (Å²) < 4.78 is 0.853. The molecule has 0 aliphatic heterocycles. The Morgan fingerprint density at radius 3 is 2.72 bits per heavy atom. The molecule has 0 N–H and O–H groups in total. The number of thioether (sulfide) groups is 1. The van der Waals surface area contributed by atoms with Gasteiger partial charge in [-0.15, -0.1) is 11.8 Å². The predicted octanol–water partition coefficient (Wildman–Crippen LogP) is 4.86. The maximum absolute atomic E-state index is 10.7. The van der Waals surface area contributed by atoms with Gasteiger partial charge in [0.15, 0.2) is 6.29 Å². The van der Waals surface area contributed by atoms with Gasteiger partial charge in [-0.2, -0.15) is 0 Å². The summed E-state index contributed by atoms with van der Waals surface area (Å²) in [6.45, 7) is 2.10. The van der Waals surface area contributed by atoms with Crippen LogP contribution in [0.25, 0.3) is 0 Å². The molecule has 0 aromatic heterocycles. The highest BCUT2D eigenvalue weighted by atomic mass is 79.9. The average molecular weight is 321 g/mol. The van der Waals surface area contributed by atoms with Gasteiger partial charge in [0.1, 0.15) is 0 Å². The van der Waals surface area contributed by atoms with Gasteiger partial charge in [0.25, 0.3) is 0 Å². The number of carbonyl (C=O) groups is 1. The second kappa shape index (κ2) is 6.21. The fourth-order valence-corrected chi connectivity index (χ4v) is 3.16. The highest BCUT2D eigenvalue weighted by Crippen LogP contribution is 2.27. The Balaban J connectivity index is 2.06. The molecule has 0 amide bonds. The Hall–Kier alpha value is -1.06. The number of aryl methyl sites for hydroxylation is 1. The number of aldehydes is 1. The summed E-state index contributed by atoms with van der Waals surface area (Å²) in [7, 11) is 0. The van der Waals surface area contributed by atoms with E-state index in [9.17, 15) is 4.79 Å². The summed E-state index contributed by atoms with van der Waals surface area (Å²) in [5, 5.41) is 0. The van der Waals surface area contributed by atoms with E-state index >= 15 is 0 Å². The molecule has 18 heavy (non-hydrogen) atoms. The van der Waals surface area contributed by atoms with Crippen molar-refractivity contribution in [2.75, 3.05) is 0 Å². The molecule has 1 nitrogen and oxygen atoms in total. The van der Waals surface area contributed by atoms with Gasteiger partial charge in [-0.25, -0.2) is 0 Å². The standard InChI is InChI=1S/C15H13BrOS/c1-11-3-2-4-12(7-11)10-18-14-6-5-13(9-17)15(16)8-14/h2-9H,10H2,1H3. The third-order valence-electron chi connectivity index (χ3n) is 2.59. The summed E-state index contributed by atoms with van der Waals surface area (Å²) in [5.41, 5.74) is 3.29. The monoisotopic (exact) mass is 320 g/mol. The largest absolute Gasteiger partial charge is 0.298 e. The third-order valence-corrected chi connectivity index (χ3v) is 4.34. The number of hydrogen-bond acceptors (Lipinski definition) is 2. The van der Waals surface area contributed by atoms with Crippen LogP contribution in [0.5, 0.6) is 0 Å². The van der Waals surface area contributed by atoms with E-state index in [2.05, 4.69) is 47.1 Å². The van der Waals surface area contributed by atoms with E-state index in [1.807, 2.05) is 18.2 Å². The molecule has 3 heteroatoms. The van der Waals surface area contributed by atoms with Gasteiger partial charge in [-0.05, 0) is 30.7 Å². The van der Waals surface area contributed by atoms with Crippen LogP contribution in [0.15, 0.2) is 51.8 Å². The number of hydrogen-bond donors (Lipinski definition) is 0. The number of benzene rings is 2. The summed E-state index contributed by atoms with van der Waals surface area (Å²) in [6.07, 6.45) is 0.860. The fraction of sp³-hybridized carbons (Fsp3) is 0.133. The Morgan fingerprint density at radius 1 is 1.22 bits per heavy atom. The van der Waals surface area contributed by atoms with Gasteiger partial charge < -0.3 is 0 Å². The molecule has 0 fully saturated rings. The average Bonchev–Trinajstić information content (AvgIpc) is 2.37. The zero-order valence-corrected chi connectivity index (χ0v) is 12.4. The van der Waals surface area contributed by atoms with Gasteiger partial charge >= 0.3 is 0 Å². The lowest BCUT2D eigenvalue weighted by Crippen LogP contribution is -1.85. The molecule has 2 aromatic carbocycles. The Kier molecular flexibility index (Phi) is 4.61. The van der Waals surface area contributed by atoms with Crippen LogP contribution in [0.2, 0.25) is 0 Å². The molecule has 0 aliphatic rings. The molecule has 0 radical (unpaired) electrons. The lowest BCUT2D eigenvalue weighted by Gasteiger charge is -2.04. The first-order chi connectivity index (χ1) is 8.69. The van der Waals surface area contributed by atoms with Gasteiger partial charge in [-0.3, -0.25) is 4.79 Å². The molecule has 0 saturated heterocycles. The Morgan fingerprint density at radius 2 is 2.06 bits per heavy atom. The lowest BCUT2D eigenvalue weighted by atomic mass is 10.2. The minimum Gasteiger partial charge on any atom is -0.298 e. The maximum Gasteiger partial charge on any atom is 0.151 e. The smallest absolute Gasteiger partial charge is 0.151 e. The minimum absolute atomic E-state index is 0.690. The Bertz CT molecular complexity index is 566. The Labute approximate surface area is 120 Å². The normalized spacial score (nSPS) is 10.3. The summed E-state index contributed by atoms with van der Waals surface area (Å²) in [6, 6.07) is 14.3. The second-order valence-corrected chi connectivity index (χ2v) is 5.98. The first-order valence-electron chi connectivity index (χ1n) is 5.62. The van der Waals surface area contributed by atoms with Crippen molar-refractivity contribution in [3.8, 4) is 0 Å². The van der Waals surface area contributed by atoms with Crippen LogP contribution in [-0.4, -0.2) is 6.29 Å². The van der Waals surface area contributed by atoms with Crippen molar-refractivity contribution in [1.29, 1.82) is 0 Å². The highest BCUT2D eigenvalue weighted by molar-refractivity contribution is 9.10. The van der Waals surface area contributed by atoms with E-state index in [1.54, 1.807) is 11.8 Å². The van der Waals surface area contributed by atoms with Crippen LogP contribution in [-0.2, 0) is 5.75 Å². The van der Waals surface area contributed by atoms with Gasteiger partial charge in [0.2, 0.25) is 0 Å². The molecule has 0 unspecified atom stereocenters. The highest BCUT2D eigenvalue weighted by Gasteiger charge is 2.01. The number of rotatable bonds is 4. The van der Waals surface area contributed by atoms with Crippen molar-refractivity contribution in [3.05, 3.63) is 63.6 Å². The molecule has 0 aliphatic carbocycles. The zero-order chi connectivity index (χ0) is 13.0. The summed E-state index contributed by atoms with van der Waals surface area (Å²) in [5.74, 6) is 0.939. The van der Waals surface area contributed by atoms with Gasteiger partial charge in [-0.1, -0.05) is 45.8 Å². The van der Waals surface area contributed by atoms with Crippen LogP contribution in [0, 0.1) is 6.92 Å². The van der Waals surface area contributed by atoms with Crippen molar-refractivity contribution in [2.45, 2.75) is 17.6 Å². The topological polar surface area (TPSA) is 17.1 Å². The SMILES string of the molecule is Cc1cccc(CSc2ccc(C=O)c(Br)c2)c1. The van der Waals surface area contributed by atoms with Crippen LogP contribution >= 0.6 is 27.7 Å². The van der Waals surface area contributed by atoms with Crippen LogP contribution in [0.1, 0.15) is 21.5 Å². The molecule has 2 rings (SSSR count). The molecule has 0 bridgehead atoms. The fourth-order valence-electron chi connectivity index (χ4n) is 1.66. The van der Waals surface area contributed by atoms with E-state index in [0.717, 1.165) is 21.4 Å². The maximum atomic E-state index is 10.7. The van der Waals surface area contributed by atoms with E-state index in [-0.39, 0.29) is 0 Å². The number of carbonyl (C=O) groups excluding carboxylic acids is 1. The molecule has 92 valence electrons.